The first-order valence-corrected chi connectivity index (χ1v) is 27.7. The van der Waals surface area contributed by atoms with E-state index in [1.54, 1.807) is 12.1 Å². The molecule has 0 saturated carbocycles. The number of ketones is 1. The van der Waals surface area contributed by atoms with Crippen molar-refractivity contribution in [3.63, 3.8) is 0 Å². The summed E-state index contributed by atoms with van der Waals surface area (Å²) in [5, 5.41) is 21.5. The molecule has 4 amide bonds. The van der Waals surface area contributed by atoms with Crippen LogP contribution in [0, 0.1) is 11.8 Å². The fourth-order valence-corrected chi connectivity index (χ4v) is 8.55. The van der Waals surface area contributed by atoms with Crippen molar-refractivity contribution < 1.29 is 56.4 Å². The minimum absolute atomic E-state index is 0. The Morgan fingerprint density at radius 1 is 0.630 bits per heavy atom. The summed E-state index contributed by atoms with van der Waals surface area (Å²) >= 11 is 0. The first-order chi connectivity index (χ1) is 34.6. The third-order valence-electron chi connectivity index (χ3n) is 11.8. The van der Waals surface area contributed by atoms with Crippen LogP contribution in [0.3, 0.4) is 0 Å². The third kappa shape index (κ3) is 41.2. The Morgan fingerprint density at radius 2 is 1.12 bits per heavy atom. The van der Waals surface area contributed by atoms with Gasteiger partial charge in [0.1, 0.15) is 30.6 Å². The second-order valence-corrected chi connectivity index (χ2v) is 20.1. The van der Waals surface area contributed by atoms with Gasteiger partial charge in [0.15, 0.2) is 0 Å². The summed E-state index contributed by atoms with van der Waals surface area (Å²) in [4.78, 5) is 61.0. The summed E-state index contributed by atoms with van der Waals surface area (Å²) < 4.78 is 48.6. The monoisotopic (exact) mass is 1060 g/mol. The van der Waals surface area contributed by atoms with Gasteiger partial charge in [-0.3, -0.25) is 28.7 Å². The van der Waals surface area contributed by atoms with Crippen molar-refractivity contribution in [3.05, 3.63) is 42.1 Å². The quantitative estimate of drug-likeness (QED) is 0.0141. The summed E-state index contributed by atoms with van der Waals surface area (Å²) in [5.41, 5.74) is 12.6. The highest BCUT2D eigenvalue weighted by Crippen LogP contribution is 2.20. The van der Waals surface area contributed by atoms with E-state index < -0.39 is 27.8 Å². The molecule has 0 bridgehead atoms. The van der Waals surface area contributed by atoms with Crippen molar-refractivity contribution in [2.24, 2.45) is 34.2 Å². The maximum absolute atomic E-state index is 12.7. The fraction of sp³-hybridized carbons (Fsp3) is 0.725. The molecule has 0 unspecified atom stereocenters. The number of hydrogen-bond acceptors (Lipinski definition) is 16. The van der Waals surface area contributed by atoms with E-state index in [0.29, 0.717) is 69.8 Å². The van der Waals surface area contributed by atoms with Crippen molar-refractivity contribution in [1.29, 1.82) is 0 Å². The molecule has 1 aromatic rings. The molecule has 0 radical (unpaired) electrons. The van der Waals surface area contributed by atoms with E-state index in [0.717, 1.165) is 50.5 Å². The predicted molar refractivity (Wildman–Crippen MR) is 285 cm³/mol. The number of phenols is 1. The highest BCUT2D eigenvalue weighted by Gasteiger charge is 2.23. The van der Waals surface area contributed by atoms with Crippen LogP contribution in [0.4, 0.5) is 0 Å². The number of allylic oxidation sites excluding steroid dienone is 1. The SMILES string of the molecule is C=C(CCCS(=O)(=O)NC(=O)CCCCCCCCCCCCCCCC(N)=NN)NCCOCCOCC(=O)NCCOCCOCC(=O)NCCCC[C@H](C)C(=O)C[C@@H](Cc1ccc(O)cc1)C(N)=O.N. The van der Waals surface area contributed by atoms with Crippen molar-refractivity contribution in [3.8, 4) is 5.75 Å². The number of hydrazone groups is 1. The molecule has 22 heteroatoms. The Morgan fingerprint density at radius 3 is 1.66 bits per heavy atom. The lowest BCUT2D eigenvalue weighted by Gasteiger charge is -2.16. The second kappa shape index (κ2) is 44.6. The molecule has 0 aliphatic heterocycles. The molecule has 2 atom stereocenters. The standard InChI is InChI=1S/C51H90N8O12S.H3N/c1-41(46(61)38-44(51(53)65)37-43-23-25-45(60)26-24-43)19-16-17-27-56-49(63)39-70-35-33-69-31-29-57-50(64)40-71-34-32-68-30-28-55-42(2)20-18-36-72(66,67)59-48(62)22-15-13-11-9-7-5-3-4-6-8-10-12-14-21-47(52)58-54;/h23-26,41,44,55,60H,2-22,27-40,54H2,1H3,(H2,52,58)(H2,53,65)(H,56,63)(H,57,64)(H,59,62);1H3/t41-,44+;/m0./s1. The number of amides is 4. The largest absolute Gasteiger partial charge is 0.508 e. The van der Waals surface area contributed by atoms with Gasteiger partial charge in [-0.2, -0.15) is 5.10 Å². The van der Waals surface area contributed by atoms with Crippen molar-refractivity contribution >= 4 is 45.3 Å². The van der Waals surface area contributed by atoms with E-state index in [9.17, 15) is 37.5 Å². The molecule has 0 aromatic heterocycles. The van der Waals surface area contributed by atoms with E-state index in [-0.39, 0.29) is 107 Å². The van der Waals surface area contributed by atoms with Gasteiger partial charge in [-0.1, -0.05) is 103 Å². The normalized spacial score (nSPS) is 12.3. The topological polar surface area (TPSA) is 350 Å². The summed E-state index contributed by atoms with van der Waals surface area (Å²) in [6.07, 6.45) is 18.7. The van der Waals surface area contributed by atoms with Crippen molar-refractivity contribution in [2.45, 2.75) is 148 Å². The van der Waals surface area contributed by atoms with E-state index in [1.807, 2.05) is 6.92 Å². The van der Waals surface area contributed by atoms with Crippen LogP contribution in [0.1, 0.15) is 147 Å². The van der Waals surface area contributed by atoms with Gasteiger partial charge < -0.3 is 63.5 Å². The number of rotatable bonds is 49. The smallest absolute Gasteiger partial charge is 0.246 e. The number of phenolic OH excluding ortho intramolecular Hbond substituents is 1. The number of hydrogen-bond donors (Lipinski definition) is 9. The Bertz CT molecular complexity index is 1810. The molecule has 73 heavy (non-hydrogen) atoms. The number of carbonyl (C=O) groups excluding carboxylic acids is 5. The fourth-order valence-electron chi connectivity index (χ4n) is 7.47. The zero-order valence-electron chi connectivity index (χ0n) is 43.9. The Labute approximate surface area is 435 Å². The number of amidine groups is 1. The summed E-state index contributed by atoms with van der Waals surface area (Å²) in [7, 11) is -3.71. The Kier molecular flexibility index (Phi) is 41.6. The molecular weight excluding hydrogens is 963 g/mol. The molecule has 420 valence electrons. The van der Waals surface area contributed by atoms with Crippen LogP contribution < -0.4 is 44.1 Å². The summed E-state index contributed by atoms with van der Waals surface area (Å²) in [6.45, 7) is 8.24. The lowest BCUT2D eigenvalue weighted by Crippen LogP contribution is -2.32. The van der Waals surface area contributed by atoms with Crippen LogP contribution in [0.2, 0.25) is 0 Å². The van der Waals surface area contributed by atoms with Gasteiger partial charge in [0, 0.05) is 56.4 Å². The highest BCUT2D eigenvalue weighted by molar-refractivity contribution is 7.90. The zero-order valence-corrected chi connectivity index (χ0v) is 44.8. The number of Topliss-reactive ketones (excluding diaryl/α,β-unsaturated/α-hetero) is 1. The molecular formula is C51H93N9O12S. The lowest BCUT2D eigenvalue weighted by atomic mass is 9.88. The van der Waals surface area contributed by atoms with Crippen molar-refractivity contribution in [2.75, 3.05) is 78.2 Å². The van der Waals surface area contributed by atoms with Crippen LogP contribution in [0.25, 0.3) is 0 Å². The minimum Gasteiger partial charge on any atom is -0.508 e. The number of sulfonamides is 1. The average Bonchev–Trinajstić information content (AvgIpc) is 3.34. The van der Waals surface area contributed by atoms with Crippen LogP contribution in [0.5, 0.6) is 5.75 Å². The number of nitrogens with zero attached hydrogens (tertiary/aromatic N) is 1. The van der Waals surface area contributed by atoms with Gasteiger partial charge in [-0.05, 0) is 62.6 Å². The van der Waals surface area contributed by atoms with E-state index >= 15 is 0 Å². The number of nitrogens with two attached hydrogens (primary N) is 3. The zero-order chi connectivity index (χ0) is 53.1. The molecule has 0 aliphatic rings. The second-order valence-electron chi connectivity index (χ2n) is 18.3. The molecule has 0 heterocycles. The maximum Gasteiger partial charge on any atom is 0.246 e. The first-order valence-electron chi connectivity index (χ1n) is 26.0. The minimum atomic E-state index is -3.71. The third-order valence-corrected chi connectivity index (χ3v) is 13.1. The predicted octanol–water partition coefficient (Wildman–Crippen LogP) is 4.67. The number of ether oxygens (including phenoxy) is 4. The van der Waals surface area contributed by atoms with Gasteiger partial charge >= 0.3 is 0 Å². The number of nitrogens with one attached hydrogen (secondary N) is 4. The lowest BCUT2D eigenvalue weighted by molar-refractivity contribution is -0.129. The molecule has 0 fully saturated rings. The van der Waals surface area contributed by atoms with Gasteiger partial charge in [-0.15, -0.1) is 0 Å². The molecule has 0 spiro atoms. The van der Waals surface area contributed by atoms with E-state index in [2.05, 4.69) is 32.4 Å². The van der Waals surface area contributed by atoms with Gasteiger partial charge in [-0.25, -0.2) is 8.42 Å². The number of primary amides is 1. The van der Waals surface area contributed by atoms with Crippen LogP contribution in [0.15, 0.2) is 41.6 Å². The average molecular weight is 1060 g/mol. The van der Waals surface area contributed by atoms with Gasteiger partial charge in [0.2, 0.25) is 33.7 Å². The molecule has 21 nitrogen and oxygen atoms in total. The Hall–Kier alpha value is -4.87. The van der Waals surface area contributed by atoms with Crippen LogP contribution in [-0.2, 0) is 59.4 Å². The maximum atomic E-state index is 12.7. The van der Waals surface area contributed by atoms with Crippen LogP contribution >= 0.6 is 0 Å². The van der Waals surface area contributed by atoms with Crippen LogP contribution in [-0.4, -0.2) is 127 Å². The molecule has 0 saturated heterocycles. The molecule has 0 aliphatic carbocycles. The molecule has 1 rings (SSSR count). The van der Waals surface area contributed by atoms with E-state index in [1.165, 1.54) is 57.1 Å². The first kappa shape index (κ1) is 68.1. The molecule has 14 N–H and O–H groups in total. The van der Waals surface area contributed by atoms with Crippen molar-refractivity contribution in [1.82, 2.24) is 26.8 Å². The highest BCUT2D eigenvalue weighted by atomic mass is 32.2. The van der Waals surface area contributed by atoms with Gasteiger partial charge in [0.25, 0.3) is 0 Å². The van der Waals surface area contributed by atoms with Gasteiger partial charge in [0.05, 0.1) is 45.4 Å². The number of aromatic hydroxyl groups is 1. The number of carbonyl (C=O) groups is 5. The number of benzene rings is 1. The van der Waals surface area contributed by atoms with E-state index in [4.69, 9.17) is 36.3 Å². The Balaban J connectivity index is 0.0000518. The summed E-state index contributed by atoms with van der Waals surface area (Å²) in [6, 6.07) is 6.46. The number of unbranched alkanes of at least 4 members (excludes halogenated alkanes) is 13. The molecule has 1 aromatic carbocycles. The summed E-state index contributed by atoms with van der Waals surface area (Å²) in [5.74, 6) is 3.16.